The van der Waals surface area contributed by atoms with Gasteiger partial charge in [-0.3, -0.25) is 4.79 Å². The van der Waals surface area contributed by atoms with Gasteiger partial charge in [0.1, 0.15) is 12.0 Å². The summed E-state index contributed by atoms with van der Waals surface area (Å²) in [5, 5.41) is 25.1. The average Bonchev–Trinajstić information content (AvgIpc) is 2.44. The van der Waals surface area contributed by atoms with E-state index in [9.17, 15) is 15.0 Å². The van der Waals surface area contributed by atoms with E-state index in [1.807, 2.05) is 0 Å². The van der Waals surface area contributed by atoms with Crippen LogP contribution in [0.3, 0.4) is 0 Å². The molecule has 8 heteroatoms. The standard InChI is InChI=1S/C11H13ClN4O3/c12-5-10(18)15-8-3-1-7(2-4-8)11(19)9(17)6-14-16-13/h1-4,9,11,17,19H,5-6H2,(H,15,18). The van der Waals surface area contributed by atoms with Crippen LogP contribution in [-0.2, 0) is 4.79 Å². The Hall–Kier alpha value is -1.79. The maximum absolute atomic E-state index is 11.0. The van der Waals surface area contributed by atoms with Gasteiger partial charge in [0.15, 0.2) is 0 Å². The van der Waals surface area contributed by atoms with Gasteiger partial charge in [0.25, 0.3) is 0 Å². The highest BCUT2D eigenvalue weighted by atomic mass is 35.5. The summed E-state index contributed by atoms with van der Waals surface area (Å²) in [5.41, 5.74) is 9.11. The summed E-state index contributed by atoms with van der Waals surface area (Å²) >= 11 is 5.35. The van der Waals surface area contributed by atoms with E-state index in [1.54, 1.807) is 24.3 Å². The summed E-state index contributed by atoms with van der Waals surface area (Å²) in [5.74, 6) is -0.478. The van der Waals surface area contributed by atoms with Crippen LogP contribution < -0.4 is 5.32 Å². The van der Waals surface area contributed by atoms with Crippen LogP contribution in [-0.4, -0.2) is 34.6 Å². The Morgan fingerprint density at radius 3 is 2.58 bits per heavy atom. The highest BCUT2D eigenvalue weighted by molar-refractivity contribution is 6.29. The monoisotopic (exact) mass is 284 g/mol. The summed E-state index contributed by atoms with van der Waals surface area (Å²) < 4.78 is 0. The summed E-state index contributed by atoms with van der Waals surface area (Å²) in [6.45, 7) is -0.220. The SMILES string of the molecule is [N-]=[N+]=NCC(O)C(O)c1ccc(NC(=O)CCl)cc1. The number of rotatable bonds is 6. The smallest absolute Gasteiger partial charge is 0.239 e. The minimum Gasteiger partial charge on any atom is -0.390 e. The normalized spacial score (nSPS) is 13.2. The summed E-state index contributed by atoms with van der Waals surface area (Å²) in [6, 6.07) is 6.24. The van der Waals surface area contributed by atoms with E-state index >= 15 is 0 Å². The van der Waals surface area contributed by atoms with E-state index in [4.69, 9.17) is 17.1 Å². The second-order valence-electron chi connectivity index (χ2n) is 3.73. The molecule has 1 aromatic rings. The van der Waals surface area contributed by atoms with Crippen LogP contribution in [0.25, 0.3) is 10.4 Å². The quantitative estimate of drug-likeness (QED) is 0.318. The highest BCUT2D eigenvalue weighted by Gasteiger charge is 2.17. The van der Waals surface area contributed by atoms with Crippen LogP contribution in [0.1, 0.15) is 11.7 Å². The molecule has 102 valence electrons. The molecule has 0 aliphatic rings. The van der Waals surface area contributed by atoms with Crippen LogP contribution in [0.4, 0.5) is 5.69 Å². The summed E-state index contributed by atoms with van der Waals surface area (Å²) in [6.07, 6.45) is -2.34. The number of nitrogens with zero attached hydrogens (tertiary/aromatic N) is 3. The lowest BCUT2D eigenvalue weighted by molar-refractivity contribution is -0.113. The van der Waals surface area contributed by atoms with Gasteiger partial charge in [-0.1, -0.05) is 17.2 Å². The number of benzene rings is 1. The van der Waals surface area contributed by atoms with Gasteiger partial charge in [-0.2, -0.15) is 0 Å². The molecule has 0 saturated heterocycles. The number of hydrogen-bond acceptors (Lipinski definition) is 4. The third-order valence-electron chi connectivity index (χ3n) is 2.35. The van der Waals surface area contributed by atoms with E-state index in [-0.39, 0.29) is 18.3 Å². The molecule has 1 aromatic carbocycles. The number of alkyl halides is 1. The molecular formula is C11H13ClN4O3. The predicted octanol–water partition coefficient (Wildman–Crippen LogP) is 1.57. The molecule has 2 unspecified atom stereocenters. The van der Waals surface area contributed by atoms with Gasteiger partial charge in [-0.25, -0.2) is 0 Å². The van der Waals surface area contributed by atoms with Crippen LogP contribution in [0.15, 0.2) is 29.4 Å². The third-order valence-corrected chi connectivity index (χ3v) is 2.60. The highest BCUT2D eigenvalue weighted by Crippen LogP contribution is 2.19. The van der Waals surface area contributed by atoms with Crippen molar-refractivity contribution in [3.8, 4) is 0 Å². The van der Waals surface area contributed by atoms with Crippen molar-refractivity contribution in [2.24, 2.45) is 5.11 Å². The first-order valence-corrected chi connectivity index (χ1v) is 5.94. The zero-order valence-corrected chi connectivity index (χ0v) is 10.7. The van der Waals surface area contributed by atoms with Crippen LogP contribution >= 0.6 is 11.6 Å². The number of nitrogens with one attached hydrogen (secondary N) is 1. The maximum atomic E-state index is 11.0. The molecule has 0 spiro atoms. The minimum atomic E-state index is -1.18. The Morgan fingerprint density at radius 2 is 2.05 bits per heavy atom. The van der Waals surface area contributed by atoms with E-state index in [0.717, 1.165) is 0 Å². The molecule has 2 atom stereocenters. The van der Waals surface area contributed by atoms with Crippen molar-refractivity contribution in [3.63, 3.8) is 0 Å². The molecule has 0 aliphatic heterocycles. The van der Waals surface area contributed by atoms with E-state index in [0.29, 0.717) is 11.3 Å². The van der Waals surface area contributed by atoms with Gasteiger partial charge < -0.3 is 15.5 Å². The lowest BCUT2D eigenvalue weighted by Crippen LogP contribution is -2.21. The van der Waals surface area contributed by atoms with Crippen molar-refractivity contribution in [1.82, 2.24) is 0 Å². The minimum absolute atomic E-state index is 0.144. The number of carbonyl (C=O) groups is 1. The Bertz CT molecular complexity index is 473. The van der Waals surface area contributed by atoms with E-state index in [2.05, 4.69) is 15.3 Å². The first-order valence-electron chi connectivity index (χ1n) is 5.41. The molecule has 0 radical (unpaired) electrons. The van der Waals surface area contributed by atoms with Crippen molar-refractivity contribution in [3.05, 3.63) is 40.3 Å². The number of amides is 1. The van der Waals surface area contributed by atoms with Crippen LogP contribution in [0, 0.1) is 0 Å². The lowest BCUT2D eigenvalue weighted by Gasteiger charge is -2.16. The molecular weight excluding hydrogens is 272 g/mol. The first kappa shape index (κ1) is 15.3. The number of halogens is 1. The van der Waals surface area contributed by atoms with Crippen LogP contribution in [0.5, 0.6) is 0 Å². The number of anilines is 1. The Labute approximate surface area is 114 Å². The van der Waals surface area contributed by atoms with Crippen molar-refractivity contribution < 1.29 is 15.0 Å². The van der Waals surface area contributed by atoms with Gasteiger partial charge in [0, 0.05) is 10.6 Å². The predicted molar refractivity (Wildman–Crippen MR) is 70.8 cm³/mol. The Morgan fingerprint density at radius 1 is 1.42 bits per heavy atom. The van der Waals surface area contributed by atoms with Crippen molar-refractivity contribution in [1.29, 1.82) is 0 Å². The zero-order chi connectivity index (χ0) is 14.3. The number of aliphatic hydroxyl groups is 2. The molecule has 3 N–H and O–H groups in total. The van der Waals surface area contributed by atoms with Crippen molar-refractivity contribution in [2.45, 2.75) is 12.2 Å². The van der Waals surface area contributed by atoms with E-state index < -0.39 is 12.2 Å². The number of hydrogen-bond donors (Lipinski definition) is 3. The lowest BCUT2D eigenvalue weighted by atomic mass is 10.0. The Kier molecular flexibility index (Phi) is 6.11. The topological polar surface area (TPSA) is 118 Å². The fraction of sp³-hybridized carbons (Fsp3) is 0.364. The zero-order valence-electron chi connectivity index (χ0n) is 9.90. The number of azide groups is 1. The molecule has 0 aromatic heterocycles. The molecule has 0 bridgehead atoms. The van der Waals surface area contributed by atoms with Gasteiger partial charge in [-0.05, 0) is 23.2 Å². The van der Waals surface area contributed by atoms with Crippen LogP contribution in [0.2, 0.25) is 0 Å². The molecule has 19 heavy (non-hydrogen) atoms. The molecule has 0 heterocycles. The molecule has 0 saturated carbocycles. The fourth-order valence-electron chi connectivity index (χ4n) is 1.40. The number of carbonyl (C=O) groups excluding carboxylic acids is 1. The average molecular weight is 285 g/mol. The fourth-order valence-corrected chi connectivity index (χ4v) is 1.47. The van der Waals surface area contributed by atoms with Gasteiger partial charge in [0.05, 0.1) is 12.6 Å². The van der Waals surface area contributed by atoms with Crippen molar-refractivity contribution in [2.75, 3.05) is 17.7 Å². The largest absolute Gasteiger partial charge is 0.390 e. The molecule has 1 amide bonds. The first-order chi connectivity index (χ1) is 9.08. The van der Waals surface area contributed by atoms with Gasteiger partial charge in [-0.15, -0.1) is 11.6 Å². The Balaban J connectivity index is 2.69. The molecule has 1 rings (SSSR count). The van der Waals surface area contributed by atoms with Gasteiger partial charge >= 0.3 is 0 Å². The van der Waals surface area contributed by atoms with Crippen molar-refractivity contribution >= 4 is 23.2 Å². The molecule has 0 fully saturated rings. The maximum Gasteiger partial charge on any atom is 0.239 e. The van der Waals surface area contributed by atoms with Gasteiger partial charge in [0.2, 0.25) is 5.91 Å². The number of aliphatic hydroxyl groups excluding tert-OH is 2. The summed E-state index contributed by atoms with van der Waals surface area (Å²) in [4.78, 5) is 13.5. The summed E-state index contributed by atoms with van der Waals surface area (Å²) in [7, 11) is 0. The third kappa shape index (κ3) is 4.76. The second-order valence-corrected chi connectivity index (χ2v) is 4.00. The molecule has 7 nitrogen and oxygen atoms in total. The molecule has 0 aliphatic carbocycles. The van der Waals surface area contributed by atoms with E-state index in [1.165, 1.54) is 0 Å². The second kappa shape index (κ2) is 7.60.